The van der Waals surface area contributed by atoms with Crippen molar-refractivity contribution in [3.05, 3.63) is 34.9 Å². The second-order valence-electron chi connectivity index (χ2n) is 6.15. The molecule has 1 fully saturated rings. The summed E-state index contributed by atoms with van der Waals surface area (Å²) in [5.74, 6) is 0.695. The van der Waals surface area contributed by atoms with Gasteiger partial charge in [-0.05, 0) is 52.0 Å². The number of nitrogens with zero attached hydrogens (tertiary/aromatic N) is 1. The average Bonchev–Trinajstić information content (AvgIpc) is 2.93. The highest BCUT2D eigenvalue weighted by molar-refractivity contribution is 9.10. The predicted molar refractivity (Wildman–Crippen MR) is 85.4 cm³/mol. The predicted octanol–water partition coefficient (Wildman–Crippen LogP) is 3.40. The lowest BCUT2D eigenvalue weighted by Gasteiger charge is -2.32. The first-order chi connectivity index (χ1) is 9.78. The van der Waals surface area contributed by atoms with E-state index in [9.17, 15) is 0 Å². The van der Waals surface area contributed by atoms with Crippen molar-refractivity contribution in [3.63, 3.8) is 0 Å². The Balaban J connectivity index is 1.87. The third kappa shape index (κ3) is 2.68. The van der Waals surface area contributed by atoms with E-state index >= 15 is 0 Å². The zero-order chi connectivity index (χ0) is 15.3. The first-order valence-electron chi connectivity index (χ1n) is 6.86. The first kappa shape index (κ1) is 14.8. The second-order valence-corrected chi connectivity index (χ2v) is 7.07. The largest absolute Gasteiger partial charge is 0.532 e. The van der Waals surface area contributed by atoms with Crippen LogP contribution >= 0.6 is 15.9 Å². The zero-order valence-corrected chi connectivity index (χ0v) is 14.1. The van der Waals surface area contributed by atoms with Gasteiger partial charge in [-0.25, -0.2) is 0 Å². The lowest BCUT2D eigenvalue weighted by atomic mass is 9.86. The summed E-state index contributed by atoms with van der Waals surface area (Å²) < 4.78 is 18.8. The maximum Gasteiger partial charge on any atom is 0.532 e. The van der Waals surface area contributed by atoms with Crippen LogP contribution in [0.3, 0.4) is 0 Å². The molecule has 110 valence electrons. The minimum atomic E-state index is -0.490. The van der Waals surface area contributed by atoms with E-state index in [-0.39, 0.29) is 11.2 Å². The number of aromatic nitrogens is 1. The second kappa shape index (κ2) is 4.97. The van der Waals surface area contributed by atoms with Gasteiger partial charge in [0.2, 0.25) is 0 Å². The van der Waals surface area contributed by atoms with Gasteiger partial charge in [-0.2, -0.15) is 0 Å². The number of halogens is 1. The summed E-state index contributed by atoms with van der Waals surface area (Å²) in [5.41, 5.74) is 0.676. The molecule has 3 heterocycles. The van der Waals surface area contributed by atoms with Gasteiger partial charge >= 0.3 is 7.12 Å². The SMILES string of the molecule is CC1(C)OB(c2ccc(-c3cc(Br)ccn3)o2)OC1(C)C. The normalized spacial score (nSPS) is 20.0. The van der Waals surface area contributed by atoms with Crippen LogP contribution in [0.1, 0.15) is 27.7 Å². The van der Waals surface area contributed by atoms with Crippen molar-refractivity contribution >= 4 is 28.7 Å². The van der Waals surface area contributed by atoms with Gasteiger partial charge in [0.15, 0.2) is 5.76 Å². The van der Waals surface area contributed by atoms with Gasteiger partial charge in [0, 0.05) is 10.7 Å². The fourth-order valence-corrected chi connectivity index (χ4v) is 2.45. The van der Waals surface area contributed by atoms with E-state index in [1.165, 1.54) is 0 Å². The minimum absolute atomic E-state index is 0.376. The summed E-state index contributed by atoms with van der Waals surface area (Å²) in [7, 11) is -0.490. The molecule has 0 atom stereocenters. The third-order valence-corrected chi connectivity index (χ3v) is 4.58. The quantitative estimate of drug-likeness (QED) is 0.779. The molecule has 2 aromatic rings. The summed E-state index contributed by atoms with van der Waals surface area (Å²) in [5, 5.41) is 0. The van der Waals surface area contributed by atoms with E-state index in [4.69, 9.17) is 13.7 Å². The zero-order valence-electron chi connectivity index (χ0n) is 12.5. The van der Waals surface area contributed by atoms with Gasteiger partial charge in [-0.3, -0.25) is 4.98 Å². The van der Waals surface area contributed by atoms with E-state index in [0.717, 1.165) is 10.2 Å². The summed E-state index contributed by atoms with van der Waals surface area (Å²) in [6.07, 6.45) is 1.73. The van der Waals surface area contributed by atoms with Crippen LogP contribution in [-0.4, -0.2) is 23.3 Å². The molecule has 0 unspecified atom stereocenters. The Morgan fingerprint density at radius 1 is 1.05 bits per heavy atom. The molecule has 21 heavy (non-hydrogen) atoms. The summed E-state index contributed by atoms with van der Waals surface area (Å²) in [6, 6.07) is 7.55. The molecule has 0 aromatic carbocycles. The molecule has 0 bridgehead atoms. The molecule has 6 heteroatoms. The van der Waals surface area contributed by atoms with E-state index in [2.05, 4.69) is 20.9 Å². The molecular weight excluding hydrogens is 333 g/mol. The van der Waals surface area contributed by atoms with Crippen molar-refractivity contribution in [2.75, 3.05) is 0 Å². The van der Waals surface area contributed by atoms with Crippen LogP contribution < -0.4 is 5.66 Å². The molecule has 0 radical (unpaired) electrons. The van der Waals surface area contributed by atoms with Crippen LogP contribution in [0.2, 0.25) is 0 Å². The molecular formula is C15H17BBrNO3. The van der Waals surface area contributed by atoms with Crippen LogP contribution in [-0.2, 0) is 9.31 Å². The number of furan rings is 1. The van der Waals surface area contributed by atoms with Crippen molar-refractivity contribution in [1.29, 1.82) is 0 Å². The fourth-order valence-electron chi connectivity index (χ4n) is 2.12. The first-order valence-corrected chi connectivity index (χ1v) is 7.65. The van der Waals surface area contributed by atoms with Crippen LogP contribution in [0.5, 0.6) is 0 Å². The Morgan fingerprint density at radius 3 is 2.33 bits per heavy atom. The minimum Gasteiger partial charge on any atom is -0.463 e. The Hall–Kier alpha value is -1.11. The highest BCUT2D eigenvalue weighted by atomic mass is 79.9. The van der Waals surface area contributed by atoms with Crippen molar-refractivity contribution < 1.29 is 13.7 Å². The van der Waals surface area contributed by atoms with Crippen LogP contribution in [0.4, 0.5) is 0 Å². The average molecular weight is 350 g/mol. The Kier molecular flexibility index (Phi) is 3.51. The molecule has 1 aliphatic rings. The Labute approximate surface area is 133 Å². The van der Waals surface area contributed by atoms with Gasteiger partial charge in [-0.1, -0.05) is 15.9 Å². The Morgan fingerprint density at radius 2 is 1.71 bits per heavy atom. The molecule has 1 aliphatic heterocycles. The van der Waals surface area contributed by atoms with Crippen molar-refractivity contribution in [2.24, 2.45) is 0 Å². The van der Waals surface area contributed by atoms with E-state index in [1.807, 2.05) is 52.0 Å². The maximum absolute atomic E-state index is 5.98. The van der Waals surface area contributed by atoms with E-state index in [0.29, 0.717) is 11.4 Å². The summed E-state index contributed by atoms with van der Waals surface area (Å²) in [4.78, 5) is 4.30. The standard InChI is InChI=1S/C15H17BBrNO3/c1-14(2)15(3,4)21-16(20-14)13-6-5-12(19-13)11-9-10(17)7-8-18-11/h5-9H,1-4H3. The monoisotopic (exact) mass is 349 g/mol. The molecule has 3 rings (SSSR count). The molecule has 0 aliphatic carbocycles. The van der Waals surface area contributed by atoms with Gasteiger partial charge in [-0.15, -0.1) is 0 Å². The van der Waals surface area contributed by atoms with E-state index in [1.54, 1.807) is 6.20 Å². The number of hydrogen-bond acceptors (Lipinski definition) is 4. The lowest BCUT2D eigenvalue weighted by molar-refractivity contribution is 0.00578. The molecule has 0 saturated carbocycles. The fraction of sp³-hybridized carbons (Fsp3) is 0.400. The number of rotatable bonds is 2. The molecule has 0 spiro atoms. The Bertz CT molecular complexity index is 652. The van der Waals surface area contributed by atoms with E-state index < -0.39 is 7.12 Å². The number of hydrogen-bond donors (Lipinski definition) is 0. The van der Waals surface area contributed by atoms with Gasteiger partial charge in [0.1, 0.15) is 11.4 Å². The molecule has 0 N–H and O–H groups in total. The molecule has 0 amide bonds. The summed E-state index contributed by atoms with van der Waals surface area (Å²) >= 11 is 3.43. The molecule has 4 nitrogen and oxygen atoms in total. The lowest BCUT2D eigenvalue weighted by Crippen LogP contribution is -2.41. The highest BCUT2D eigenvalue weighted by Crippen LogP contribution is 2.36. The summed E-state index contributed by atoms with van der Waals surface area (Å²) in [6.45, 7) is 8.08. The van der Waals surface area contributed by atoms with Crippen LogP contribution in [0.15, 0.2) is 39.4 Å². The van der Waals surface area contributed by atoms with Gasteiger partial charge in [0.25, 0.3) is 0 Å². The third-order valence-electron chi connectivity index (χ3n) is 4.09. The van der Waals surface area contributed by atoms with Crippen molar-refractivity contribution in [1.82, 2.24) is 4.98 Å². The highest BCUT2D eigenvalue weighted by Gasteiger charge is 2.53. The topological polar surface area (TPSA) is 44.5 Å². The molecule has 1 saturated heterocycles. The van der Waals surface area contributed by atoms with Gasteiger partial charge in [0.05, 0.1) is 11.2 Å². The molecule has 2 aromatic heterocycles. The van der Waals surface area contributed by atoms with Gasteiger partial charge < -0.3 is 13.7 Å². The maximum atomic E-state index is 5.98. The van der Waals surface area contributed by atoms with Crippen LogP contribution in [0, 0.1) is 0 Å². The number of pyridine rings is 1. The smallest absolute Gasteiger partial charge is 0.463 e. The van der Waals surface area contributed by atoms with Crippen molar-refractivity contribution in [3.8, 4) is 11.5 Å². The van der Waals surface area contributed by atoms with Crippen molar-refractivity contribution in [2.45, 2.75) is 38.9 Å². The van der Waals surface area contributed by atoms with Crippen LogP contribution in [0.25, 0.3) is 11.5 Å².